The fourth-order valence-corrected chi connectivity index (χ4v) is 4.07. The van der Waals surface area contributed by atoms with Crippen molar-refractivity contribution in [2.24, 2.45) is 5.41 Å². The van der Waals surface area contributed by atoms with Crippen LogP contribution >= 0.6 is 23.2 Å². The second-order valence-electron chi connectivity index (χ2n) is 9.26. The predicted molar refractivity (Wildman–Crippen MR) is 135 cm³/mol. The number of aromatic nitrogens is 2. The van der Waals surface area contributed by atoms with Gasteiger partial charge in [-0.05, 0) is 30.4 Å². The van der Waals surface area contributed by atoms with E-state index in [1.807, 2.05) is 26.8 Å². The first-order valence-corrected chi connectivity index (χ1v) is 11.6. The lowest BCUT2D eigenvalue weighted by atomic mass is 9.93. The number of nitrogens with one attached hydrogen (secondary N) is 2. The Hall–Kier alpha value is -3.15. The van der Waals surface area contributed by atoms with E-state index < -0.39 is 0 Å². The molecule has 0 bridgehead atoms. The van der Waals surface area contributed by atoms with Gasteiger partial charge < -0.3 is 16.0 Å². The summed E-state index contributed by atoms with van der Waals surface area (Å²) in [5, 5.41) is 22.3. The molecule has 1 aromatic carbocycles. The van der Waals surface area contributed by atoms with Crippen LogP contribution in [0.5, 0.6) is 0 Å². The van der Waals surface area contributed by atoms with Crippen molar-refractivity contribution in [3.63, 3.8) is 0 Å². The first-order chi connectivity index (χ1) is 16.0. The largest absolute Gasteiger partial charge is 0.383 e. The maximum Gasteiger partial charge on any atom is 0.264 e. The van der Waals surface area contributed by atoms with E-state index in [4.69, 9.17) is 34.3 Å². The number of nitriles is 1. The maximum atomic E-state index is 13.0. The quantitative estimate of drug-likeness (QED) is 0.310. The predicted octanol–water partition coefficient (Wildman–Crippen LogP) is 4.68. The van der Waals surface area contributed by atoms with Crippen molar-refractivity contribution < 1.29 is 4.79 Å². The maximum absolute atomic E-state index is 13.0. The lowest BCUT2D eigenvalue weighted by molar-refractivity contribution is -0.127. The van der Waals surface area contributed by atoms with Gasteiger partial charge in [0.1, 0.15) is 29.6 Å². The van der Waals surface area contributed by atoms with E-state index in [1.54, 1.807) is 29.2 Å². The third-order valence-electron chi connectivity index (χ3n) is 5.31. The summed E-state index contributed by atoms with van der Waals surface area (Å²) in [6.07, 6.45) is 4.58. The number of hydrogen-bond donors (Lipinski definition) is 3. The lowest BCUT2D eigenvalue weighted by Crippen LogP contribution is -2.46. The number of rotatable bonds is 5. The van der Waals surface area contributed by atoms with Gasteiger partial charge in [0.2, 0.25) is 0 Å². The van der Waals surface area contributed by atoms with E-state index in [-0.39, 0.29) is 34.5 Å². The molecule has 1 unspecified atom stereocenters. The standard InChI is InChI=1S/C24H27Cl2N7O/c1-24(2,3)10-15(11-27)23(34)33-8-4-5-16(12-33)32-22-19(21(29)30-13-31-22)20(28)14-6-7-17(25)18(26)9-14/h6-7,9-10,13,16,28H,4-5,8,12H2,1-3H3,(H3,29,30,31,32)/b15-10+,28-20?. The third-order valence-corrected chi connectivity index (χ3v) is 6.05. The van der Waals surface area contributed by atoms with E-state index in [9.17, 15) is 10.1 Å². The van der Waals surface area contributed by atoms with Crippen LogP contribution in [0.2, 0.25) is 10.0 Å². The van der Waals surface area contributed by atoms with E-state index in [1.165, 1.54) is 6.33 Å². The number of nitrogen functional groups attached to an aromatic ring is 1. The molecule has 34 heavy (non-hydrogen) atoms. The molecule has 2 aromatic rings. The van der Waals surface area contributed by atoms with Gasteiger partial charge in [0.25, 0.3) is 5.91 Å². The van der Waals surface area contributed by atoms with Crippen LogP contribution in [0.3, 0.4) is 0 Å². The van der Waals surface area contributed by atoms with Crippen molar-refractivity contribution >= 4 is 46.5 Å². The molecule has 0 saturated carbocycles. The van der Waals surface area contributed by atoms with Gasteiger partial charge in [0, 0.05) is 24.7 Å². The summed E-state index contributed by atoms with van der Waals surface area (Å²) in [6, 6.07) is 6.79. The second-order valence-corrected chi connectivity index (χ2v) is 10.1. The minimum Gasteiger partial charge on any atom is -0.383 e. The van der Waals surface area contributed by atoms with Crippen molar-refractivity contribution in [1.29, 1.82) is 10.7 Å². The Balaban J connectivity index is 1.83. The summed E-state index contributed by atoms with van der Waals surface area (Å²) in [4.78, 5) is 23.0. The molecule has 10 heteroatoms. The van der Waals surface area contributed by atoms with Crippen LogP contribution in [-0.2, 0) is 4.79 Å². The number of benzene rings is 1. The number of halogens is 2. The molecule has 2 heterocycles. The molecule has 1 aliphatic rings. The number of amides is 1. The van der Waals surface area contributed by atoms with Gasteiger partial charge in [-0.25, -0.2) is 9.97 Å². The molecule has 1 atom stereocenters. The summed E-state index contributed by atoms with van der Waals surface area (Å²) in [7, 11) is 0. The van der Waals surface area contributed by atoms with Crippen molar-refractivity contribution in [2.75, 3.05) is 24.1 Å². The first kappa shape index (κ1) is 25.5. The fourth-order valence-electron chi connectivity index (χ4n) is 3.77. The number of hydrogen-bond acceptors (Lipinski definition) is 7. The van der Waals surface area contributed by atoms with Crippen molar-refractivity contribution in [1.82, 2.24) is 14.9 Å². The number of nitrogens with zero attached hydrogens (tertiary/aromatic N) is 4. The Morgan fingerprint density at radius 1 is 1.32 bits per heavy atom. The summed E-state index contributed by atoms with van der Waals surface area (Å²) >= 11 is 12.1. The smallest absolute Gasteiger partial charge is 0.264 e. The Morgan fingerprint density at radius 2 is 2.06 bits per heavy atom. The summed E-state index contributed by atoms with van der Waals surface area (Å²) < 4.78 is 0. The molecule has 0 radical (unpaired) electrons. The fraction of sp³-hybridized carbons (Fsp3) is 0.375. The van der Waals surface area contributed by atoms with Crippen LogP contribution < -0.4 is 11.1 Å². The number of likely N-dealkylation sites (tertiary alicyclic amines) is 1. The van der Waals surface area contributed by atoms with Crippen molar-refractivity contribution in [3.8, 4) is 6.07 Å². The van der Waals surface area contributed by atoms with Crippen LogP contribution in [0.25, 0.3) is 0 Å². The molecule has 4 N–H and O–H groups in total. The van der Waals surface area contributed by atoms with Gasteiger partial charge in [0.15, 0.2) is 0 Å². The highest BCUT2D eigenvalue weighted by Crippen LogP contribution is 2.28. The van der Waals surface area contributed by atoms with Gasteiger partial charge >= 0.3 is 0 Å². The zero-order valence-corrected chi connectivity index (χ0v) is 20.8. The molecular weight excluding hydrogens is 473 g/mol. The first-order valence-electron chi connectivity index (χ1n) is 10.8. The molecule has 1 amide bonds. The second kappa shape index (κ2) is 10.4. The summed E-state index contributed by atoms with van der Waals surface area (Å²) in [5.41, 5.74) is 6.94. The van der Waals surface area contributed by atoms with Gasteiger partial charge in [-0.15, -0.1) is 0 Å². The highest BCUT2D eigenvalue weighted by molar-refractivity contribution is 6.42. The monoisotopic (exact) mass is 499 g/mol. The zero-order valence-electron chi connectivity index (χ0n) is 19.3. The average Bonchev–Trinajstić information content (AvgIpc) is 2.78. The molecular formula is C24H27Cl2N7O. The number of piperidine rings is 1. The number of anilines is 2. The van der Waals surface area contributed by atoms with E-state index in [0.29, 0.717) is 40.1 Å². The topological polar surface area (TPSA) is 132 Å². The SMILES string of the molecule is CC(C)(C)/C=C(\C#N)C(=O)N1CCCC(Nc2ncnc(N)c2C(=N)c2ccc(Cl)c(Cl)c2)C1. The highest BCUT2D eigenvalue weighted by atomic mass is 35.5. The molecule has 1 fully saturated rings. The zero-order chi connectivity index (χ0) is 25.0. The van der Waals surface area contributed by atoms with Crippen molar-refractivity contribution in [3.05, 3.63) is 57.3 Å². The molecule has 1 aromatic heterocycles. The minimum absolute atomic E-state index is 0.0998. The van der Waals surface area contributed by atoms with Gasteiger partial charge in [-0.2, -0.15) is 5.26 Å². The normalized spacial score (nSPS) is 16.6. The Labute approximate surface area is 209 Å². The summed E-state index contributed by atoms with van der Waals surface area (Å²) in [5.74, 6) is 0.265. The molecule has 0 spiro atoms. The number of nitrogens with two attached hydrogens (primary N) is 1. The summed E-state index contributed by atoms with van der Waals surface area (Å²) in [6.45, 7) is 6.80. The molecule has 1 aliphatic heterocycles. The van der Waals surface area contributed by atoms with Crippen LogP contribution in [0.15, 0.2) is 36.2 Å². The number of carbonyl (C=O) groups excluding carboxylic acids is 1. The van der Waals surface area contributed by atoms with Crippen molar-refractivity contribution in [2.45, 2.75) is 39.7 Å². The minimum atomic E-state index is -0.285. The molecule has 3 rings (SSSR count). The van der Waals surface area contributed by atoms with Gasteiger partial charge in [-0.3, -0.25) is 10.2 Å². The van der Waals surface area contributed by atoms with Gasteiger partial charge in [-0.1, -0.05) is 56.1 Å². The Kier molecular flexibility index (Phi) is 7.80. The molecule has 178 valence electrons. The van der Waals surface area contributed by atoms with Crippen LogP contribution in [0.1, 0.15) is 44.7 Å². The number of allylic oxidation sites excluding steroid dienone is 1. The van der Waals surface area contributed by atoms with Crippen LogP contribution in [0.4, 0.5) is 11.6 Å². The lowest BCUT2D eigenvalue weighted by Gasteiger charge is -2.34. The average molecular weight is 500 g/mol. The van der Waals surface area contributed by atoms with Crippen LogP contribution in [-0.4, -0.2) is 45.6 Å². The number of carbonyl (C=O) groups is 1. The van der Waals surface area contributed by atoms with Gasteiger partial charge in [0.05, 0.1) is 21.3 Å². The molecule has 8 nitrogen and oxygen atoms in total. The molecule has 1 saturated heterocycles. The highest BCUT2D eigenvalue weighted by Gasteiger charge is 2.28. The molecule has 0 aliphatic carbocycles. The Morgan fingerprint density at radius 3 is 2.71 bits per heavy atom. The Bertz CT molecular complexity index is 1180. The van der Waals surface area contributed by atoms with Crippen LogP contribution in [0, 0.1) is 22.2 Å². The third kappa shape index (κ3) is 6.04. The van der Waals surface area contributed by atoms with E-state index in [0.717, 1.165) is 12.8 Å². The van der Waals surface area contributed by atoms with E-state index >= 15 is 0 Å². The van der Waals surface area contributed by atoms with E-state index in [2.05, 4.69) is 15.3 Å².